The molecule has 3 aliphatic rings. The van der Waals surface area contributed by atoms with Crippen molar-refractivity contribution in [2.45, 2.75) is 31.7 Å². The summed E-state index contributed by atoms with van der Waals surface area (Å²) in [7, 11) is 0. The van der Waals surface area contributed by atoms with E-state index in [-0.39, 0.29) is 11.7 Å². The second-order valence-electron chi connectivity index (χ2n) is 7.24. The molecule has 0 unspecified atom stereocenters. The highest BCUT2D eigenvalue weighted by Crippen LogP contribution is 2.43. The van der Waals surface area contributed by atoms with Gasteiger partial charge < -0.3 is 9.80 Å². The van der Waals surface area contributed by atoms with Crippen molar-refractivity contribution in [2.24, 2.45) is 11.8 Å². The number of nitrogens with zero attached hydrogens (tertiary/aromatic N) is 1. The molecule has 118 valence electrons. The lowest BCUT2D eigenvalue weighted by Crippen LogP contribution is -3.18. The zero-order valence-electron chi connectivity index (χ0n) is 12.9. The number of fused-ring (bicyclic) bond motifs is 2. The lowest BCUT2D eigenvalue weighted by atomic mass is 9.93. The number of quaternary nitrogens is 1. The maximum atomic E-state index is 13.3. The summed E-state index contributed by atoms with van der Waals surface area (Å²) in [6.07, 6.45) is 5.71. The molecule has 3 fully saturated rings. The van der Waals surface area contributed by atoms with E-state index in [1.807, 2.05) is 4.90 Å². The maximum Gasteiger partial charge on any atom is 0.254 e. The van der Waals surface area contributed by atoms with Crippen LogP contribution in [0.3, 0.4) is 0 Å². The Kier molecular flexibility index (Phi) is 3.65. The Morgan fingerprint density at radius 3 is 2.64 bits per heavy atom. The first-order chi connectivity index (χ1) is 10.7. The van der Waals surface area contributed by atoms with Gasteiger partial charge in [0.2, 0.25) is 0 Å². The van der Waals surface area contributed by atoms with Crippen LogP contribution in [-0.2, 0) is 0 Å². The van der Waals surface area contributed by atoms with Gasteiger partial charge in [-0.15, -0.1) is 0 Å². The van der Waals surface area contributed by atoms with E-state index < -0.39 is 0 Å². The summed E-state index contributed by atoms with van der Waals surface area (Å²) in [6, 6.07) is 6.89. The molecule has 0 radical (unpaired) electrons. The third kappa shape index (κ3) is 2.54. The highest BCUT2D eigenvalue weighted by Gasteiger charge is 2.45. The molecule has 0 spiro atoms. The van der Waals surface area contributed by atoms with Gasteiger partial charge in [0.1, 0.15) is 5.82 Å². The summed E-state index contributed by atoms with van der Waals surface area (Å²) >= 11 is 0. The Hall–Kier alpha value is -1.42. The molecular weight excluding hydrogens is 279 g/mol. The van der Waals surface area contributed by atoms with Crippen molar-refractivity contribution in [1.82, 2.24) is 4.90 Å². The average Bonchev–Trinajstić information content (AvgIpc) is 3.17. The molecule has 3 atom stereocenters. The van der Waals surface area contributed by atoms with Gasteiger partial charge in [0.15, 0.2) is 0 Å². The lowest BCUT2D eigenvalue weighted by molar-refractivity contribution is -0.932. The predicted octanol–water partition coefficient (Wildman–Crippen LogP) is 1.35. The Morgan fingerprint density at radius 1 is 1.18 bits per heavy atom. The topological polar surface area (TPSA) is 24.8 Å². The largest absolute Gasteiger partial charge is 0.329 e. The number of carbonyl (C=O) groups excluding carboxylic acids is 1. The van der Waals surface area contributed by atoms with Gasteiger partial charge in [-0.05, 0) is 43.4 Å². The Bertz CT molecular complexity index is 568. The van der Waals surface area contributed by atoms with Crippen LogP contribution >= 0.6 is 0 Å². The molecule has 1 aromatic carbocycles. The summed E-state index contributed by atoms with van der Waals surface area (Å²) < 4.78 is 13.3. The standard InChI is InChI=1S/C18H23FN2O/c19-16-3-1-2-15(12-16)18(22)21-8-6-20(7-9-21)17-11-13-4-5-14(17)10-13/h1-3,12-14,17H,4-11H2/p+1/t13-,14+,17+/m0/s1. The maximum absolute atomic E-state index is 13.3. The van der Waals surface area contributed by atoms with Crippen LogP contribution in [-0.4, -0.2) is 43.0 Å². The van der Waals surface area contributed by atoms with Crippen molar-refractivity contribution in [1.29, 1.82) is 0 Å². The van der Waals surface area contributed by atoms with Crippen molar-refractivity contribution in [3.05, 3.63) is 35.6 Å². The smallest absolute Gasteiger partial charge is 0.254 e. The zero-order valence-corrected chi connectivity index (χ0v) is 12.9. The number of rotatable bonds is 2. The SMILES string of the molecule is O=C(c1cccc(F)c1)N1CC[NH+]([C@@H]2C[C@H]3CC[C@@H]2C3)CC1. The fraction of sp³-hybridized carbons (Fsp3) is 0.611. The van der Waals surface area contributed by atoms with Crippen LogP contribution < -0.4 is 4.90 Å². The molecule has 22 heavy (non-hydrogen) atoms. The highest BCUT2D eigenvalue weighted by molar-refractivity contribution is 5.94. The van der Waals surface area contributed by atoms with E-state index in [1.54, 1.807) is 17.0 Å². The van der Waals surface area contributed by atoms with Gasteiger partial charge in [-0.2, -0.15) is 0 Å². The van der Waals surface area contributed by atoms with Crippen LogP contribution in [0, 0.1) is 17.7 Å². The van der Waals surface area contributed by atoms with Gasteiger partial charge in [0, 0.05) is 17.9 Å². The Morgan fingerprint density at radius 2 is 2.00 bits per heavy atom. The summed E-state index contributed by atoms with van der Waals surface area (Å²) in [5.74, 6) is 1.56. The van der Waals surface area contributed by atoms with Crippen LogP contribution in [0.1, 0.15) is 36.0 Å². The van der Waals surface area contributed by atoms with E-state index in [0.29, 0.717) is 5.56 Å². The van der Waals surface area contributed by atoms with Crippen LogP contribution in [0.2, 0.25) is 0 Å². The number of hydrogen-bond donors (Lipinski definition) is 1. The molecule has 4 rings (SSSR count). The Balaban J connectivity index is 1.36. The van der Waals surface area contributed by atoms with Crippen molar-refractivity contribution in [3.8, 4) is 0 Å². The summed E-state index contributed by atoms with van der Waals surface area (Å²) in [5.41, 5.74) is 0.475. The average molecular weight is 303 g/mol. The molecule has 1 aliphatic heterocycles. The number of benzene rings is 1. The molecule has 1 amide bonds. The number of amides is 1. The van der Waals surface area contributed by atoms with E-state index in [0.717, 1.165) is 44.1 Å². The molecule has 2 aliphatic carbocycles. The summed E-state index contributed by atoms with van der Waals surface area (Å²) in [5, 5.41) is 0. The normalized spacial score (nSPS) is 31.7. The van der Waals surface area contributed by atoms with Crippen molar-refractivity contribution < 1.29 is 14.1 Å². The predicted molar refractivity (Wildman–Crippen MR) is 82.2 cm³/mol. The number of nitrogens with one attached hydrogen (secondary N) is 1. The number of hydrogen-bond acceptors (Lipinski definition) is 1. The minimum atomic E-state index is -0.336. The first-order valence-electron chi connectivity index (χ1n) is 8.60. The third-order valence-electron chi connectivity index (χ3n) is 6.03. The van der Waals surface area contributed by atoms with Gasteiger partial charge in [0.25, 0.3) is 5.91 Å². The molecule has 4 heteroatoms. The fourth-order valence-corrected chi connectivity index (χ4v) is 4.92. The van der Waals surface area contributed by atoms with Crippen LogP contribution in [0.5, 0.6) is 0 Å². The zero-order chi connectivity index (χ0) is 15.1. The molecule has 1 heterocycles. The fourth-order valence-electron chi connectivity index (χ4n) is 4.92. The van der Waals surface area contributed by atoms with Gasteiger partial charge in [-0.1, -0.05) is 6.07 Å². The van der Waals surface area contributed by atoms with Crippen molar-refractivity contribution in [3.63, 3.8) is 0 Å². The first kappa shape index (κ1) is 14.2. The summed E-state index contributed by atoms with van der Waals surface area (Å²) in [4.78, 5) is 16.1. The van der Waals surface area contributed by atoms with Crippen LogP contribution in [0.4, 0.5) is 4.39 Å². The van der Waals surface area contributed by atoms with Crippen LogP contribution in [0.25, 0.3) is 0 Å². The molecule has 1 aromatic rings. The number of carbonyl (C=O) groups is 1. The number of piperazine rings is 1. The van der Waals surface area contributed by atoms with Gasteiger partial charge in [-0.3, -0.25) is 4.79 Å². The van der Waals surface area contributed by atoms with Gasteiger partial charge in [-0.25, -0.2) is 4.39 Å². The van der Waals surface area contributed by atoms with E-state index in [4.69, 9.17) is 0 Å². The molecule has 1 saturated heterocycles. The highest BCUT2D eigenvalue weighted by atomic mass is 19.1. The molecule has 2 bridgehead atoms. The molecule has 3 nitrogen and oxygen atoms in total. The van der Waals surface area contributed by atoms with Crippen molar-refractivity contribution in [2.75, 3.05) is 26.2 Å². The minimum Gasteiger partial charge on any atom is -0.329 e. The lowest BCUT2D eigenvalue weighted by Gasteiger charge is -2.38. The second-order valence-corrected chi connectivity index (χ2v) is 7.24. The summed E-state index contributed by atoms with van der Waals surface area (Å²) in [6.45, 7) is 3.71. The third-order valence-corrected chi connectivity index (χ3v) is 6.03. The van der Waals surface area contributed by atoms with Crippen LogP contribution in [0.15, 0.2) is 24.3 Å². The molecular formula is C18H24FN2O+. The monoisotopic (exact) mass is 303 g/mol. The minimum absolute atomic E-state index is 0.0218. The van der Waals surface area contributed by atoms with Crippen molar-refractivity contribution >= 4 is 5.91 Å². The first-order valence-corrected chi connectivity index (χ1v) is 8.60. The Labute approximate surface area is 131 Å². The molecule has 1 N–H and O–H groups in total. The van der Waals surface area contributed by atoms with E-state index in [2.05, 4.69) is 0 Å². The van der Waals surface area contributed by atoms with Gasteiger partial charge >= 0.3 is 0 Å². The molecule has 2 saturated carbocycles. The van der Waals surface area contributed by atoms with Gasteiger partial charge in [0.05, 0.1) is 32.2 Å². The van der Waals surface area contributed by atoms with E-state index >= 15 is 0 Å². The molecule has 0 aromatic heterocycles. The second kappa shape index (κ2) is 5.65. The van der Waals surface area contributed by atoms with E-state index in [1.165, 1.54) is 37.8 Å². The number of halogens is 1. The quantitative estimate of drug-likeness (QED) is 0.876. The van der Waals surface area contributed by atoms with E-state index in [9.17, 15) is 9.18 Å².